The van der Waals surface area contributed by atoms with Crippen molar-refractivity contribution in [2.24, 2.45) is 0 Å². The SMILES string of the molecule is [I-].[I-].[I-].[I-].[PH4+].[PH4+].[PH4+].[PH4+]. The van der Waals surface area contributed by atoms with Crippen molar-refractivity contribution in [2.45, 2.75) is 0 Å². The molecule has 0 aliphatic heterocycles. The summed E-state index contributed by atoms with van der Waals surface area (Å²) in [7, 11) is 0. The second-order valence-corrected chi connectivity index (χ2v) is 0. The van der Waals surface area contributed by atoms with Gasteiger partial charge < -0.3 is 95.9 Å². The molecule has 0 radical (unpaired) electrons. The third-order valence-corrected chi connectivity index (χ3v) is 0. The molecule has 0 saturated heterocycles. The molecule has 0 fully saturated rings. The van der Waals surface area contributed by atoms with Gasteiger partial charge in [-0.15, -0.1) is 0 Å². The van der Waals surface area contributed by atoms with E-state index in [0.29, 0.717) is 0 Å². The van der Waals surface area contributed by atoms with Gasteiger partial charge in [-0.05, 0) is 39.6 Å². The summed E-state index contributed by atoms with van der Waals surface area (Å²) in [5.41, 5.74) is 0. The Morgan fingerprint density at radius 1 is 0.250 bits per heavy atom. The molecule has 0 rings (SSSR count). The van der Waals surface area contributed by atoms with E-state index in [1.807, 2.05) is 0 Å². The summed E-state index contributed by atoms with van der Waals surface area (Å²) in [5, 5.41) is 0. The predicted octanol–water partition coefficient (Wildman–Crippen LogP) is -12.8. The fraction of sp³-hybridized carbons (Fsp3) is 0. The molecule has 0 heterocycles. The van der Waals surface area contributed by atoms with Crippen LogP contribution in [0.2, 0.25) is 0 Å². The largest absolute Gasteiger partial charge is 1.00 e. The third-order valence-electron chi connectivity index (χ3n) is 0. The van der Waals surface area contributed by atoms with E-state index in [0.717, 1.165) is 0 Å². The van der Waals surface area contributed by atoms with E-state index in [1.54, 1.807) is 0 Å². The van der Waals surface area contributed by atoms with Gasteiger partial charge in [0.25, 0.3) is 0 Å². The normalized spacial score (nSPS) is 0. The highest BCUT2D eigenvalue weighted by Crippen LogP contribution is 0.864. The van der Waals surface area contributed by atoms with Gasteiger partial charge in [-0.2, -0.15) is 0 Å². The smallest absolute Gasteiger partial charge is 0.0395 e. The Balaban J connectivity index is 0. The highest BCUT2D eigenvalue weighted by Gasteiger charge is -0.0365. The first-order chi connectivity index (χ1) is 0. The number of halogens is 4. The molecule has 0 aromatic rings. The van der Waals surface area contributed by atoms with Gasteiger partial charge in [0.2, 0.25) is 0 Å². The Hall–Kier alpha value is 4.64. The summed E-state index contributed by atoms with van der Waals surface area (Å²) in [5.74, 6) is 0. The Labute approximate surface area is 133 Å². The van der Waals surface area contributed by atoms with E-state index >= 15 is 0 Å². The maximum atomic E-state index is 0. The van der Waals surface area contributed by atoms with E-state index in [2.05, 4.69) is 0 Å². The second kappa shape index (κ2) is 61.2. The minimum absolute atomic E-state index is 0. The Morgan fingerprint density at radius 2 is 0.250 bits per heavy atom. The molecule has 4 atom stereocenters. The van der Waals surface area contributed by atoms with E-state index in [-0.39, 0.29) is 136 Å². The van der Waals surface area contributed by atoms with E-state index in [4.69, 9.17) is 0 Å². The zero-order chi connectivity index (χ0) is 0. The molecule has 4 unspecified atom stereocenters. The van der Waals surface area contributed by atoms with Crippen molar-refractivity contribution in [3.05, 3.63) is 0 Å². The molecule has 64 valence electrons. The number of hydrogen-bond donors (Lipinski definition) is 0. The van der Waals surface area contributed by atoms with Crippen molar-refractivity contribution in [2.75, 3.05) is 0 Å². The lowest BCUT2D eigenvalue weighted by Crippen LogP contribution is -3.00. The van der Waals surface area contributed by atoms with Crippen LogP contribution in [-0.2, 0) is 0 Å². The highest BCUT2D eigenvalue weighted by atomic mass is 127. The molecule has 0 spiro atoms. The van der Waals surface area contributed by atoms with Crippen LogP contribution in [0, 0.1) is 0 Å². The molecule has 0 bridgehead atoms. The summed E-state index contributed by atoms with van der Waals surface area (Å²) in [6.45, 7) is 0. The van der Waals surface area contributed by atoms with Gasteiger partial charge in [0.05, 0.1) is 0 Å². The molecule has 0 aliphatic carbocycles. The molecular weight excluding hydrogens is 632 g/mol. The van der Waals surface area contributed by atoms with Gasteiger partial charge in [0.15, 0.2) is 0 Å². The monoisotopic (exact) mass is 648 g/mol. The van der Waals surface area contributed by atoms with Crippen LogP contribution in [0.15, 0.2) is 0 Å². The predicted molar refractivity (Wildman–Crippen MR) is 50.0 cm³/mol. The summed E-state index contributed by atoms with van der Waals surface area (Å²) in [6, 6.07) is 0. The Kier molecular flexibility index (Phi) is 609. The van der Waals surface area contributed by atoms with Crippen LogP contribution < -0.4 is 95.9 Å². The van der Waals surface area contributed by atoms with E-state index in [1.165, 1.54) is 0 Å². The minimum Gasteiger partial charge on any atom is -1.00 e. The molecule has 0 aromatic heterocycles. The summed E-state index contributed by atoms with van der Waals surface area (Å²) >= 11 is 0. The van der Waals surface area contributed by atoms with Crippen LogP contribution in [-0.4, -0.2) is 0 Å². The molecule has 0 amide bonds. The lowest BCUT2D eigenvalue weighted by Gasteiger charge is -1.00. The van der Waals surface area contributed by atoms with Crippen molar-refractivity contribution in [1.29, 1.82) is 0 Å². The van der Waals surface area contributed by atoms with Gasteiger partial charge in [-0.25, -0.2) is 0 Å². The quantitative estimate of drug-likeness (QED) is 0.181. The lowest BCUT2D eigenvalue weighted by molar-refractivity contribution is -0.00100. The topological polar surface area (TPSA) is 0 Å². The van der Waals surface area contributed by atoms with Crippen molar-refractivity contribution in [3.63, 3.8) is 0 Å². The Bertz CT molecular complexity index is 8.00. The minimum atomic E-state index is 0. The average Bonchev–Trinajstić information content (AvgIpc) is 0. The molecule has 8 heteroatoms. The van der Waals surface area contributed by atoms with Gasteiger partial charge in [0, 0.05) is 0 Å². The van der Waals surface area contributed by atoms with Crippen molar-refractivity contribution >= 4 is 39.6 Å². The zero-order valence-electron chi connectivity index (χ0n) is 5.51. The molecule has 0 aromatic carbocycles. The van der Waals surface area contributed by atoms with Crippen LogP contribution in [0.5, 0.6) is 0 Å². The van der Waals surface area contributed by atoms with Gasteiger partial charge in [0.1, 0.15) is 0 Å². The molecular formula is H16I4P4. The van der Waals surface area contributed by atoms with Gasteiger partial charge in [-0.1, -0.05) is 0 Å². The van der Waals surface area contributed by atoms with Crippen LogP contribution in [0.4, 0.5) is 0 Å². The average molecular weight is 648 g/mol. The van der Waals surface area contributed by atoms with Crippen molar-refractivity contribution < 1.29 is 95.9 Å². The lowest BCUT2D eigenvalue weighted by atomic mass is 31.0. The molecule has 8 heavy (non-hydrogen) atoms. The van der Waals surface area contributed by atoms with Crippen molar-refractivity contribution in [1.82, 2.24) is 0 Å². The summed E-state index contributed by atoms with van der Waals surface area (Å²) in [6.07, 6.45) is 0. The molecule has 0 nitrogen and oxygen atoms in total. The van der Waals surface area contributed by atoms with Crippen LogP contribution in [0.25, 0.3) is 0 Å². The fourth-order valence-corrected chi connectivity index (χ4v) is 0. The molecule has 0 saturated carbocycles. The van der Waals surface area contributed by atoms with Crippen molar-refractivity contribution in [3.8, 4) is 0 Å². The van der Waals surface area contributed by atoms with E-state index in [9.17, 15) is 0 Å². The van der Waals surface area contributed by atoms with E-state index < -0.39 is 0 Å². The maximum Gasteiger partial charge on any atom is -0.0395 e. The first kappa shape index (κ1) is 79.5. The maximum absolute atomic E-state index is 0. The number of rotatable bonds is 0. The molecule has 0 aliphatic rings. The number of hydrogen-bond acceptors (Lipinski definition) is 0. The van der Waals surface area contributed by atoms with Crippen LogP contribution in [0.1, 0.15) is 0 Å². The van der Waals surface area contributed by atoms with Crippen LogP contribution in [0.3, 0.4) is 0 Å². The first-order valence-corrected chi connectivity index (χ1v) is 0. The highest BCUT2D eigenvalue weighted by molar-refractivity contribution is 6.92. The zero-order valence-corrected chi connectivity index (χ0v) is 22.1. The summed E-state index contributed by atoms with van der Waals surface area (Å²) < 4.78 is 0. The third kappa shape index (κ3) is 45.9. The Morgan fingerprint density at radius 3 is 0.250 bits per heavy atom. The van der Waals surface area contributed by atoms with Gasteiger partial charge in [-0.3, -0.25) is 0 Å². The van der Waals surface area contributed by atoms with Gasteiger partial charge >= 0.3 is 0 Å². The van der Waals surface area contributed by atoms with Crippen LogP contribution >= 0.6 is 39.6 Å². The molecule has 0 N–H and O–H groups in total. The first-order valence-electron chi connectivity index (χ1n) is 0. The second-order valence-electron chi connectivity index (χ2n) is 0. The fourth-order valence-electron chi connectivity index (χ4n) is 0. The standard InChI is InChI=1S/4HI.4H3P/h4*1H;4*1H3. The summed E-state index contributed by atoms with van der Waals surface area (Å²) in [4.78, 5) is 0.